The van der Waals surface area contributed by atoms with E-state index in [0.29, 0.717) is 18.4 Å². The summed E-state index contributed by atoms with van der Waals surface area (Å²) in [7, 11) is 3.70. The Kier molecular flexibility index (Phi) is 4.46. The van der Waals surface area contributed by atoms with Gasteiger partial charge in [-0.05, 0) is 29.7 Å². The van der Waals surface area contributed by atoms with E-state index in [1.54, 1.807) is 11.1 Å². The molecule has 6 nitrogen and oxygen atoms in total. The summed E-state index contributed by atoms with van der Waals surface area (Å²) in [6.45, 7) is 0.707. The van der Waals surface area contributed by atoms with Crippen LogP contribution in [0.4, 0.5) is 11.9 Å². The average molecular weight is 279 g/mol. The Labute approximate surface area is 116 Å². The van der Waals surface area contributed by atoms with Gasteiger partial charge in [-0.25, -0.2) is 0 Å². The van der Waals surface area contributed by atoms with E-state index >= 15 is 0 Å². The first kappa shape index (κ1) is 13.5. The highest BCUT2D eigenvalue weighted by atomic mass is 35.5. The van der Waals surface area contributed by atoms with Crippen molar-refractivity contribution in [2.24, 2.45) is 0 Å². The van der Waals surface area contributed by atoms with Gasteiger partial charge in [0.25, 0.3) is 0 Å². The van der Waals surface area contributed by atoms with Gasteiger partial charge in [-0.15, -0.1) is 0 Å². The molecule has 0 radical (unpaired) electrons. The van der Waals surface area contributed by atoms with Crippen LogP contribution in [0.3, 0.4) is 0 Å². The van der Waals surface area contributed by atoms with Crippen LogP contribution in [-0.4, -0.2) is 40.6 Å². The lowest BCUT2D eigenvalue weighted by molar-refractivity contribution is 0.926. The number of rotatable bonds is 5. The van der Waals surface area contributed by atoms with Crippen LogP contribution in [0.1, 0.15) is 5.56 Å². The Bertz CT molecular complexity index is 531. The van der Waals surface area contributed by atoms with Crippen molar-refractivity contribution in [1.29, 1.82) is 0 Å². The standard InChI is InChI=1S/C12H15ClN6/c1-19(2)12-17-10(13)16-11(18-12)15-7-5-9-4-3-6-14-8-9/h3-4,6,8H,5,7H2,1-2H3,(H,15,16,17,18). The molecule has 1 N–H and O–H groups in total. The van der Waals surface area contributed by atoms with Crippen molar-refractivity contribution < 1.29 is 0 Å². The zero-order valence-electron chi connectivity index (χ0n) is 10.8. The summed E-state index contributed by atoms with van der Waals surface area (Å²) in [5.41, 5.74) is 1.16. The molecule has 19 heavy (non-hydrogen) atoms. The largest absolute Gasteiger partial charge is 0.354 e. The third-order valence-electron chi connectivity index (χ3n) is 2.42. The van der Waals surface area contributed by atoms with E-state index in [9.17, 15) is 0 Å². The molecule has 2 aromatic rings. The Morgan fingerprint density at radius 2 is 2.11 bits per heavy atom. The maximum atomic E-state index is 5.85. The first-order valence-electron chi connectivity index (χ1n) is 5.87. The molecule has 2 heterocycles. The third kappa shape index (κ3) is 4.03. The monoisotopic (exact) mass is 278 g/mol. The summed E-state index contributed by atoms with van der Waals surface area (Å²) in [6, 6.07) is 3.94. The number of hydrogen-bond donors (Lipinski definition) is 1. The van der Waals surface area contributed by atoms with Crippen molar-refractivity contribution in [2.45, 2.75) is 6.42 Å². The van der Waals surface area contributed by atoms with Gasteiger partial charge in [0, 0.05) is 33.0 Å². The number of aromatic nitrogens is 4. The van der Waals surface area contributed by atoms with Gasteiger partial charge in [-0.2, -0.15) is 15.0 Å². The molecule has 0 spiro atoms. The molecule has 2 aromatic heterocycles. The van der Waals surface area contributed by atoms with E-state index in [2.05, 4.69) is 25.3 Å². The van der Waals surface area contributed by atoms with Crippen LogP contribution in [0, 0.1) is 0 Å². The van der Waals surface area contributed by atoms with E-state index in [1.807, 2.05) is 32.4 Å². The maximum Gasteiger partial charge on any atom is 0.230 e. The van der Waals surface area contributed by atoms with Gasteiger partial charge in [0.05, 0.1) is 0 Å². The molecule has 0 unspecified atom stereocenters. The Balaban J connectivity index is 1.96. The highest BCUT2D eigenvalue weighted by Gasteiger charge is 2.06. The van der Waals surface area contributed by atoms with E-state index in [-0.39, 0.29) is 5.28 Å². The van der Waals surface area contributed by atoms with Crippen LogP contribution in [0.25, 0.3) is 0 Å². The summed E-state index contributed by atoms with van der Waals surface area (Å²) < 4.78 is 0. The van der Waals surface area contributed by atoms with Gasteiger partial charge in [-0.1, -0.05) is 6.07 Å². The Morgan fingerprint density at radius 1 is 1.26 bits per heavy atom. The van der Waals surface area contributed by atoms with Gasteiger partial charge in [0.15, 0.2) is 0 Å². The fourth-order valence-electron chi connectivity index (χ4n) is 1.48. The molecule has 0 aliphatic carbocycles. The smallest absolute Gasteiger partial charge is 0.230 e. The van der Waals surface area contributed by atoms with Gasteiger partial charge >= 0.3 is 0 Å². The number of hydrogen-bond acceptors (Lipinski definition) is 6. The average Bonchev–Trinajstić information content (AvgIpc) is 2.39. The van der Waals surface area contributed by atoms with E-state index < -0.39 is 0 Å². The second-order valence-electron chi connectivity index (χ2n) is 4.16. The SMILES string of the molecule is CN(C)c1nc(Cl)nc(NCCc2cccnc2)n1. The van der Waals surface area contributed by atoms with E-state index in [0.717, 1.165) is 12.0 Å². The summed E-state index contributed by atoms with van der Waals surface area (Å²) in [4.78, 5) is 18.2. The normalized spacial score (nSPS) is 10.3. The van der Waals surface area contributed by atoms with E-state index in [4.69, 9.17) is 11.6 Å². The molecule has 100 valence electrons. The van der Waals surface area contributed by atoms with Crippen molar-refractivity contribution in [1.82, 2.24) is 19.9 Å². The predicted molar refractivity (Wildman–Crippen MR) is 75.6 cm³/mol. The molecule has 7 heteroatoms. The maximum absolute atomic E-state index is 5.85. The minimum absolute atomic E-state index is 0.183. The van der Waals surface area contributed by atoms with Crippen LogP contribution in [-0.2, 0) is 6.42 Å². The predicted octanol–water partition coefficient (Wildman–Crippen LogP) is 1.64. The molecule has 0 fully saturated rings. The highest BCUT2D eigenvalue weighted by molar-refractivity contribution is 6.28. The first-order chi connectivity index (χ1) is 9.15. The number of nitrogens with one attached hydrogen (secondary N) is 1. The molecule has 2 rings (SSSR count). The molecular weight excluding hydrogens is 264 g/mol. The molecular formula is C12H15ClN6. The highest BCUT2D eigenvalue weighted by Crippen LogP contribution is 2.11. The van der Waals surface area contributed by atoms with Crippen molar-refractivity contribution in [3.05, 3.63) is 35.4 Å². The van der Waals surface area contributed by atoms with Crippen molar-refractivity contribution >= 4 is 23.5 Å². The summed E-state index contributed by atoms with van der Waals surface area (Å²) in [5.74, 6) is 1.01. The molecule has 0 aliphatic heterocycles. The summed E-state index contributed by atoms with van der Waals surface area (Å²) in [5, 5.41) is 3.31. The fraction of sp³-hybridized carbons (Fsp3) is 0.333. The molecule has 0 saturated heterocycles. The number of nitrogens with zero attached hydrogens (tertiary/aromatic N) is 5. The Hall–Kier alpha value is -1.95. The summed E-state index contributed by atoms with van der Waals surface area (Å²) in [6.07, 6.45) is 4.44. The minimum Gasteiger partial charge on any atom is -0.354 e. The van der Waals surface area contributed by atoms with Crippen molar-refractivity contribution in [3.8, 4) is 0 Å². The van der Waals surface area contributed by atoms with Crippen molar-refractivity contribution in [2.75, 3.05) is 30.9 Å². The number of pyridine rings is 1. The van der Waals surface area contributed by atoms with Crippen LogP contribution >= 0.6 is 11.6 Å². The topological polar surface area (TPSA) is 66.8 Å². The lowest BCUT2D eigenvalue weighted by atomic mass is 10.2. The second kappa shape index (κ2) is 6.29. The quantitative estimate of drug-likeness (QED) is 0.897. The number of anilines is 2. The molecule has 0 atom stereocenters. The lowest BCUT2D eigenvalue weighted by Crippen LogP contribution is -2.16. The molecule has 0 saturated carbocycles. The van der Waals surface area contributed by atoms with Gasteiger partial charge in [-0.3, -0.25) is 4.98 Å². The first-order valence-corrected chi connectivity index (χ1v) is 6.24. The van der Waals surface area contributed by atoms with Gasteiger partial charge in [0.2, 0.25) is 17.2 Å². The zero-order chi connectivity index (χ0) is 13.7. The van der Waals surface area contributed by atoms with Crippen LogP contribution in [0.5, 0.6) is 0 Å². The molecule has 0 amide bonds. The van der Waals surface area contributed by atoms with Gasteiger partial charge in [0.1, 0.15) is 0 Å². The zero-order valence-corrected chi connectivity index (χ0v) is 11.6. The second-order valence-corrected chi connectivity index (χ2v) is 4.50. The van der Waals surface area contributed by atoms with Crippen LogP contribution in [0.15, 0.2) is 24.5 Å². The van der Waals surface area contributed by atoms with Crippen LogP contribution in [0.2, 0.25) is 5.28 Å². The number of halogens is 1. The molecule has 0 aromatic carbocycles. The third-order valence-corrected chi connectivity index (χ3v) is 2.58. The van der Waals surface area contributed by atoms with Crippen molar-refractivity contribution in [3.63, 3.8) is 0 Å². The fourth-order valence-corrected chi connectivity index (χ4v) is 1.64. The summed E-state index contributed by atoms with van der Waals surface area (Å²) >= 11 is 5.85. The Morgan fingerprint density at radius 3 is 2.79 bits per heavy atom. The van der Waals surface area contributed by atoms with Crippen LogP contribution < -0.4 is 10.2 Å². The minimum atomic E-state index is 0.183. The van der Waals surface area contributed by atoms with Gasteiger partial charge < -0.3 is 10.2 Å². The van der Waals surface area contributed by atoms with E-state index in [1.165, 1.54) is 0 Å². The molecule has 0 aliphatic rings. The molecule has 0 bridgehead atoms. The lowest BCUT2D eigenvalue weighted by Gasteiger charge is -2.11.